The van der Waals surface area contributed by atoms with Gasteiger partial charge < -0.3 is 10.1 Å². The summed E-state index contributed by atoms with van der Waals surface area (Å²) in [4.78, 5) is 16.7. The van der Waals surface area contributed by atoms with Crippen LogP contribution in [-0.4, -0.2) is 24.5 Å². The molecule has 1 atom stereocenters. The first kappa shape index (κ1) is 15.5. The summed E-state index contributed by atoms with van der Waals surface area (Å²) in [5.74, 6) is 0.331. The van der Waals surface area contributed by atoms with Gasteiger partial charge in [0.25, 0.3) is 5.91 Å². The normalized spacial score (nSPS) is 12.0. The van der Waals surface area contributed by atoms with Crippen molar-refractivity contribution in [3.63, 3.8) is 0 Å². The van der Waals surface area contributed by atoms with Crippen molar-refractivity contribution in [3.05, 3.63) is 40.9 Å². The third-order valence-corrected chi connectivity index (χ3v) is 3.82. The van der Waals surface area contributed by atoms with Crippen molar-refractivity contribution >= 4 is 22.4 Å². The SMILES string of the molecule is CCNC(C)c1csc(NC(=O)c2ccccc2OC)n1. The molecule has 0 aliphatic heterocycles. The molecule has 2 rings (SSSR count). The van der Waals surface area contributed by atoms with Crippen LogP contribution in [-0.2, 0) is 0 Å². The van der Waals surface area contributed by atoms with Gasteiger partial charge in [0.05, 0.1) is 18.4 Å². The Morgan fingerprint density at radius 1 is 1.43 bits per heavy atom. The number of rotatable bonds is 6. The Bertz CT molecular complexity index is 612. The highest BCUT2D eigenvalue weighted by molar-refractivity contribution is 7.14. The lowest BCUT2D eigenvalue weighted by Gasteiger charge is -2.09. The Morgan fingerprint density at radius 3 is 2.90 bits per heavy atom. The lowest BCUT2D eigenvalue weighted by molar-refractivity contribution is 0.102. The molecule has 0 spiro atoms. The first-order valence-electron chi connectivity index (χ1n) is 6.78. The molecule has 1 heterocycles. The van der Waals surface area contributed by atoms with Crippen molar-refractivity contribution in [1.82, 2.24) is 10.3 Å². The van der Waals surface area contributed by atoms with E-state index in [1.54, 1.807) is 25.3 Å². The molecular weight excluding hydrogens is 286 g/mol. The Balaban J connectivity index is 2.09. The van der Waals surface area contributed by atoms with Crippen LogP contribution in [0, 0.1) is 0 Å². The molecule has 1 amide bonds. The van der Waals surface area contributed by atoms with E-state index in [0.29, 0.717) is 16.4 Å². The summed E-state index contributed by atoms with van der Waals surface area (Å²) in [5, 5.41) is 8.64. The van der Waals surface area contributed by atoms with Crippen LogP contribution in [0.1, 0.15) is 35.9 Å². The van der Waals surface area contributed by atoms with Gasteiger partial charge in [-0.2, -0.15) is 0 Å². The number of nitrogens with zero attached hydrogens (tertiary/aromatic N) is 1. The minimum Gasteiger partial charge on any atom is -0.496 e. The smallest absolute Gasteiger partial charge is 0.261 e. The Morgan fingerprint density at radius 2 is 2.19 bits per heavy atom. The molecule has 21 heavy (non-hydrogen) atoms. The van der Waals surface area contributed by atoms with Gasteiger partial charge in [0.15, 0.2) is 5.13 Å². The summed E-state index contributed by atoms with van der Waals surface area (Å²) < 4.78 is 5.19. The first-order valence-corrected chi connectivity index (χ1v) is 7.66. The maximum atomic E-state index is 12.3. The van der Waals surface area contributed by atoms with Gasteiger partial charge in [-0.3, -0.25) is 10.1 Å². The molecule has 0 bridgehead atoms. The monoisotopic (exact) mass is 305 g/mol. The summed E-state index contributed by atoms with van der Waals surface area (Å²) >= 11 is 1.42. The van der Waals surface area contributed by atoms with Crippen LogP contribution in [0.2, 0.25) is 0 Å². The van der Waals surface area contributed by atoms with E-state index in [4.69, 9.17) is 4.74 Å². The van der Waals surface area contributed by atoms with Gasteiger partial charge in [0.1, 0.15) is 5.75 Å². The van der Waals surface area contributed by atoms with E-state index in [1.165, 1.54) is 11.3 Å². The average molecular weight is 305 g/mol. The fraction of sp³-hybridized carbons (Fsp3) is 0.333. The lowest BCUT2D eigenvalue weighted by Crippen LogP contribution is -2.18. The largest absolute Gasteiger partial charge is 0.496 e. The summed E-state index contributed by atoms with van der Waals surface area (Å²) in [6.07, 6.45) is 0. The number of methoxy groups -OCH3 is 1. The summed E-state index contributed by atoms with van der Waals surface area (Å²) in [6, 6.07) is 7.29. The number of nitrogens with one attached hydrogen (secondary N) is 2. The van der Waals surface area contributed by atoms with E-state index in [0.717, 1.165) is 12.2 Å². The van der Waals surface area contributed by atoms with E-state index in [2.05, 4.69) is 15.6 Å². The number of anilines is 1. The van der Waals surface area contributed by atoms with Crippen molar-refractivity contribution in [3.8, 4) is 5.75 Å². The maximum Gasteiger partial charge on any atom is 0.261 e. The van der Waals surface area contributed by atoms with Crippen LogP contribution in [0.4, 0.5) is 5.13 Å². The summed E-state index contributed by atoms with van der Waals surface area (Å²) in [5.41, 5.74) is 1.42. The van der Waals surface area contributed by atoms with Crippen molar-refractivity contribution in [2.24, 2.45) is 0 Å². The molecule has 0 aliphatic carbocycles. The second-order valence-electron chi connectivity index (χ2n) is 4.51. The third-order valence-electron chi connectivity index (χ3n) is 3.05. The Labute approximate surface area is 128 Å². The Hall–Kier alpha value is -1.92. The molecule has 0 fully saturated rings. The minimum absolute atomic E-state index is 0.170. The zero-order valence-corrected chi connectivity index (χ0v) is 13.2. The summed E-state index contributed by atoms with van der Waals surface area (Å²) in [7, 11) is 1.55. The number of hydrogen-bond donors (Lipinski definition) is 2. The van der Waals surface area contributed by atoms with Gasteiger partial charge in [0, 0.05) is 11.4 Å². The summed E-state index contributed by atoms with van der Waals surface area (Å²) in [6.45, 7) is 4.97. The topological polar surface area (TPSA) is 63.2 Å². The van der Waals surface area contributed by atoms with Crippen LogP contribution in [0.3, 0.4) is 0 Å². The molecule has 1 unspecified atom stereocenters. The zero-order valence-electron chi connectivity index (χ0n) is 12.3. The predicted molar refractivity (Wildman–Crippen MR) is 85.2 cm³/mol. The van der Waals surface area contributed by atoms with Crippen LogP contribution >= 0.6 is 11.3 Å². The second-order valence-corrected chi connectivity index (χ2v) is 5.37. The minimum atomic E-state index is -0.218. The van der Waals surface area contributed by atoms with E-state index >= 15 is 0 Å². The molecule has 1 aromatic carbocycles. The highest BCUT2D eigenvalue weighted by Crippen LogP contribution is 2.23. The number of ether oxygens (including phenoxy) is 1. The van der Waals surface area contributed by atoms with E-state index in [-0.39, 0.29) is 11.9 Å². The molecule has 5 nitrogen and oxygen atoms in total. The molecule has 2 aromatic rings. The highest BCUT2D eigenvalue weighted by Gasteiger charge is 2.14. The number of para-hydroxylation sites is 1. The number of benzene rings is 1. The molecule has 112 valence electrons. The van der Waals surface area contributed by atoms with E-state index in [1.807, 2.05) is 25.3 Å². The number of aromatic nitrogens is 1. The maximum absolute atomic E-state index is 12.3. The number of carbonyl (C=O) groups is 1. The Kier molecular flexibility index (Phi) is 5.30. The number of hydrogen-bond acceptors (Lipinski definition) is 5. The van der Waals surface area contributed by atoms with Gasteiger partial charge in [-0.1, -0.05) is 19.1 Å². The van der Waals surface area contributed by atoms with Crippen LogP contribution in [0.5, 0.6) is 5.75 Å². The van der Waals surface area contributed by atoms with Gasteiger partial charge in [0.2, 0.25) is 0 Å². The molecule has 6 heteroatoms. The van der Waals surface area contributed by atoms with Crippen molar-refractivity contribution in [2.45, 2.75) is 19.9 Å². The van der Waals surface area contributed by atoms with Crippen molar-refractivity contribution in [1.29, 1.82) is 0 Å². The number of amides is 1. The van der Waals surface area contributed by atoms with Gasteiger partial charge in [-0.05, 0) is 25.6 Å². The molecule has 2 N–H and O–H groups in total. The highest BCUT2D eigenvalue weighted by atomic mass is 32.1. The molecule has 0 aliphatic rings. The third kappa shape index (κ3) is 3.80. The van der Waals surface area contributed by atoms with Crippen molar-refractivity contribution < 1.29 is 9.53 Å². The fourth-order valence-electron chi connectivity index (χ4n) is 1.95. The zero-order chi connectivity index (χ0) is 15.2. The number of thiazole rings is 1. The van der Waals surface area contributed by atoms with Crippen molar-refractivity contribution in [2.75, 3.05) is 19.0 Å². The van der Waals surface area contributed by atoms with E-state index in [9.17, 15) is 4.79 Å². The molecule has 0 saturated carbocycles. The second kappa shape index (κ2) is 7.19. The average Bonchev–Trinajstić information content (AvgIpc) is 2.96. The van der Waals surface area contributed by atoms with Gasteiger partial charge in [-0.25, -0.2) is 4.98 Å². The molecule has 0 saturated heterocycles. The quantitative estimate of drug-likeness (QED) is 0.861. The van der Waals surface area contributed by atoms with Gasteiger partial charge >= 0.3 is 0 Å². The van der Waals surface area contributed by atoms with Crippen LogP contribution < -0.4 is 15.4 Å². The predicted octanol–water partition coefficient (Wildman–Crippen LogP) is 3.07. The molecule has 0 radical (unpaired) electrons. The molecular formula is C15H19N3O2S. The lowest BCUT2D eigenvalue weighted by atomic mass is 10.2. The van der Waals surface area contributed by atoms with Crippen LogP contribution in [0.15, 0.2) is 29.6 Å². The first-order chi connectivity index (χ1) is 10.2. The number of carbonyl (C=O) groups excluding carboxylic acids is 1. The van der Waals surface area contributed by atoms with Gasteiger partial charge in [-0.15, -0.1) is 11.3 Å². The standard InChI is InChI=1S/C15H19N3O2S/c1-4-16-10(2)12-9-21-15(17-12)18-14(19)11-7-5-6-8-13(11)20-3/h5-10,16H,4H2,1-3H3,(H,17,18,19). The molecule has 1 aromatic heterocycles. The van der Waals surface area contributed by atoms with Crippen LogP contribution in [0.25, 0.3) is 0 Å². The van der Waals surface area contributed by atoms with E-state index < -0.39 is 0 Å². The fourth-order valence-corrected chi connectivity index (χ4v) is 2.75.